The summed E-state index contributed by atoms with van der Waals surface area (Å²) >= 11 is 2.99. The molecule has 0 aliphatic heterocycles. The van der Waals surface area contributed by atoms with Gasteiger partial charge in [0.05, 0.1) is 21.5 Å². The number of rotatable bonds is 8. The van der Waals surface area contributed by atoms with Crippen LogP contribution in [-0.2, 0) is 13.0 Å². The Morgan fingerprint density at radius 2 is 2.00 bits per heavy atom. The number of nitriles is 1. The highest BCUT2D eigenvalue weighted by Crippen LogP contribution is 2.30. The van der Waals surface area contributed by atoms with E-state index >= 15 is 0 Å². The molecule has 10 heteroatoms. The van der Waals surface area contributed by atoms with Crippen LogP contribution in [0.3, 0.4) is 0 Å². The molecule has 0 aliphatic rings. The van der Waals surface area contributed by atoms with Gasteiger partial charge in [-0.15, -0.1) is 22.7 Å². The van der Waals surface area contributed by atoms with E-state index in [-0.39, 0.29) is 6.03 Å². The molecular formula is C23H23N7OS2. The fraction of sp³-hybridized carbons (Fsp3) is 0.217. The zero-order valence-electron chi connectivity index (χ0n) is 18.3. The first kappa shape index (κ1) is 22.7. The lowest BCUT2D eigenvalue weighted by Crippen LogP contribution is -2.21. The average Bonchev–Trinajstić information content (AvgIpc) is 3.44. The Morgan fingerprint density at radius 1 is 1.15 bits per heavy atom. The number of carbonyl (C=O) groups is 1. The number of nitrogens with zero attached hydrogens (tertiary/aromatic N) is 4. The lowest BCUT2D eigenvalue weighted by molar-refractivity contribution is 0.262. The minimum absolute atomic E-state index is 0.323. The van der Waals surface area contributed by atoms with Crippen molar-refractivity contribution in [2.45, 2.75) is 13.0 Å². The van der Waals surface area contributed by atoms with Crippen LogP contribution in [0.1, 0.15) is 16.0 Å². The molecule has 0 aliphatic carbocycles. The molecule has 8 nitrogen and oxygen atoms in total. The molecule has 0 saturated heterocycles. The fourth-order valence-corrected chi connectivity index (χ4v) is 5.02. The van der Waals surface area contributed by atoms with E-state index in [9.17, 15) is 10.1 Å². The maximum Gasteiger partial charge on any atom is 0.325 e. The van der Waals surface area contributed by atoms with Gasteiger partial charge < -0.3 is 15.5 Å². The number of hydrogen-bond acceptors (Lipinski definition) is 8. The van der Waals surface area contributed by atoms with Crippen molar-refractivity contribution in [2.75, 3.05) is 36.6 Å². The molecule has 168 valence electrons. The molecule has 0 fully saturated rings. The molecule has 4 aromatic rings. The molecule has 0 atom stereocenters. The van der Waals surface area contributed by atoms with E-state index in [1.54, 1.807) is 23.7 Å². The van der Waals surface area contributed by atoms with Crippen molar-refractivity contribution in [3.63, 3.8) is 0 Å². The van der Waals surface area contributed by atoms with Crippen molar-refractivity contribution < 1.29 is 4.79 Å². The summed E-state index contributed by atoms with van der Waals surface area (Å²) in [6, 6.07) is 11.6. The second-order valence-electron chi connectivity index (χ2n) is 7.58. The number of benzene rings is 1. The van der Waals surface area contributed by atoms with Crippen molar-refractivity contribution in [2.24, 2.45) is 0 Å². The van der Waals surface area contributed by atoms with Crippen LogP contribution in [0, 0.1) is 11.3 Å². The second kappa shape index (κ2) is 10.4. The van der Waals surface area contributed by atoms with Gasteiger partial charge in [0.2, 0.25) is 0 Å². The van der Waals surface area contributed by atoms with Gasteiger partial charge in [-0.3, -0.25) is 10.3 Å². The van der Waals surface area contributed by atoms with Crippen molar-refractivity contribution in [1.82, 2.24) is 14.9 Å². The minimum Gasteiger partial charge on any atom is -0.382 e. The van der Waals surface area contributed by atoms with Crippen molar-refractivity contribution >= 4 is 55.4 Å². The lowest BCUT2D eigenvalue weighted by Gasteiger charge is -2.14. The van der Waals surface area contributed by atoms with E-state index in [0.29, 0.717) is 23.7 Å². The largest absolute Gasteiger partial charge is 0.382 e. The summed E-state index contributed by atoms with van der Waals surface area (Å²) in [5.74, 6) is 0. The number of urea groups is 1. The monoisotopic (exact) mass is 477 g/mol. The number of hydrogen-bond donors (Lipinski definition) is 3. The van der Waals surface area contributed by atoms with Crippen LogP contribution >= 0.6 is 22.7 Å². The smallest absolute Gasteiger partial charge is 0.325 e. The second-order valence-corrected chi connectivity index (χ2v) is 9.61. The van der Waals surface area contributed by atoms with Gasteiger partial charge in [-0.25, -0.2) is 9.78 Å². The van der Waals surface area contributed by atoms with E-state index in [1.165, 1.54) is 11.3 Å². The molecule has 0 unspecified atom stereocenters. The first-order valence-corrected chi connectivity index (χ1v) is 12.0. The van der Waals surface area contributed by atoms with E-state index in [4.69, 9.17) is 0 Å². The van der Waals surface area contributed by atoms with Crippen molar-refractivity contribution in [1.29, 1.82) is 5.26 Å². The third kappa shape index (κ3) is 5.64. The van der Waals surface area contributed by atoms with Gasteiger partial charge in [0.25, 0.3) is 0 Å². The van der Waals surface area contributed by atoms with Gasteiger partial charge in [-0.05, 0) is 37.2 Å². The van der Waals surface area contributed by atoms with E-state index in [1.807, 2.05) is 49.8 Å². The number of anilines is 3. The zero-order valence-corrected chi connectivity index (χ0v) is 19.9. The van der Waals surface area contributed by atoms with E-state index in [0.717, 1.165) is 38.6 Å². The molecule has 3 heterocycles. The highest BCUT2D eigenvalue weighted by atomic mass is 32.1. The Hall–Kier alpha value is -3.52. The van der Waals surface area contributed by atoms with Crippen molar-refractivity contribution in [3.05, 3.63) is 64.1 Å². The number of thiophene rings is 1. The van der Waals surface area contributed by atoms with Gasteiger partial charge in [0.1, 0.15) is 6.07 Å². The summed E-state index contributed by atoms with van der Waals surface area (Å²) in [6.45, 7) is 1.37. The van der Waals surface area contributed by atoms with E-state index < -0.39 is 0 Å². The third-order valence-corrected chi connectivity index (χ3v) is 6.69. The Labute approximate surface area is 199 Å². The van der Waals surface area contributed by atoms with Crippen LogP contribution in [0.25, 0.3) is 10.2 Å². The average molecular weight is 478 g/mol. The van der Waals surface area contributed by atoms with Gasteiger partial charge in [-0.1, -0.05) is 18.2 Å². The molecule has 1 aromatic carbocycles. The minimum atomic E-state index is -0.323. The van der Waals surface area contributed by atoms with Crippen LogP contribution in [0.5, 0.6) is 0 Å². The number of thiazole rings is 1. The third-order valence-electron chi connectivity index (χ3n) is 4.79. The predicted molar refractivity (Wildman–Crippen MR) is 135 cm³/mol. The molecule has 4 rings (SSSR count). The van der Waals surface area contributed by atoms with E-state index in [2.05, 4.69) is 36.9 Å². The summed E-state index contributed by atoms with van der Waals surface area (Å²) in [6.07, 6.45) is 4.08. The Kier molecular flexibility index (Phi) is 7.14. The SMILES string of the molecule is CN(C)Cc1ccccc1NC(=O)Nc1ncc(CCNc2c(C#N)cnc3ccsc23)s1. The van der Waals surface area contributed by atoms with Gasteiger partial charge in [-0.2, -0.15) is 5.26 Å². The molecule has 0 saturated carbocycles. The summed E-state index contributed by atoms with van der Waals surface area (Å²) in [5.41, 5.74) is 4.04. The maximum absolute atomic E-state index is 12.5. The first-order chi connectivity index (χ1) is 16.0. The Morgan fingerprint density at radius 3 is 2.82 bits per heavy atom. The van der Waals surface area contributed by atoms with Gasteiger partial charge in [0, 0.05) is 42.5 Å². The molecular weight excluding hydrogens is 454 g/mol. The normalized spacial score (nSPS) is 10.8. The van der Waals surface area contributed by atoms with Crippen LogP contribution in [-0.4, -0.2) is 41.5 Å². The number of carbonyl (C=O) groups excluding carboxylic acids is 1. The number of fused-ring (bicyclic) bond motifs is 1. The molecule has 0 spiro atoms. The lowest BCUT2D eigenvalue weighted by atomic mass is 10.1. The molecule has 3 aromatic heterocycles. The highest BCUT2D eigenvalue weighted by Gasteiger charge is 2.12. The summed E-state index contributed by atoms with van der Waals surface area (Å²) < 4.78 is 0.979. The predicted octanol–water partition coefficient (Wildman–Crippen LogP) is 4.98. The number of nitrogens with one attached hydrogen (secondary N) is 3. The number of para-hydroxylation sites is 1. The fourth-order valence-electron chi connectivity index (χ4n) is 3.34. The number of aromatic nitrogens is 2. The van der Waals surface area contributed by atoms with Crippen LogP contribution in [0.4, 0.5) is 21.3 Å². The molecule has 2 amide bonds. The zero-order chi connectivity index (χ0) is 23.2. The Bertz CT molecular complexity index is 1310. The van der Waals surface area contributed by atoms with Crippen LogP contribution < -0.4 is 16.0 Å². The molecule has 0 bridgehead atoms. The van der Waals surface area contributed by atoms with Gasteiger partial charge in [0.15, 0.2) is 5.13 Å². The topological polar surface area (TPSA) is 106 Å². The Balaban J connectivity index is 1.34. The highest BCUT2D eigenvalue weighted by molar-refractivity contribution is 7.17. The number of amides is 2. The maximum atomic E-state index is 12.5. The quantitative estimate of drug-likeness (QED) is 0.330. The standard InChI is InChI=1S/C23H23N7OS2/c1-30(2)14-15-5-3-4-6-18(15)28-22(31)29-23-27-13-17(33-23)7-9-25-20-16(11-24)12-26-19-8-10-32-21(19)20/h3-6,8,10,12-13H,7,9,14H2,1-2H3,(H,25,26)(H2,27,28,29,31). The van der Waals surface area contributed by atoms with Crippen LogP contribution in [0.15, 0.2) is 48.1 Å². The molecule has 33 heavy (non-hydrogen) atoms. The molecule has 0 radical (unpaired) electrons. The summed E-state index contributed by atoms with van der Waals surface area (Å²) in [5, 5.41) is 21.0. The van der Waals surface area contributed by atoms with Crippen molar-refractivity contribution in [3.8, 4) is 6.07 Å². The first-order valence-electron chi connectivity index (χ1n) is 10.3. The van der Waals surface area contributed by atoms with Crippen LogP contribution in [0.2, 0.25) is 0 Å². The van der Waals surface area contributed by atoms with Gasteiger partial charge >= 0.3 is 6.03 Å². The summed E-state index contributed by atoms with van der Waals surface area (Å²) in [4.78, 5) is 24.2. The number of pyridine rings is 1. The molecule has 3 N–H and O–H groups in total. The summed E-state index contributed by atoms with van der Waals surface area (Å²) in [7, 11) is 3.98.